The van der Waals surface area contributed by atoms with Gasteiger partial charge in [0.2, 0.25) is 0 Å². The van der Waals surface area contributed by atoms with Crippen LogP contribution < -0.4 is 0 Å². The first kappa shape index (κ1) is 8.26. The summed E-state index contributed by atoms with van der Waals surface area (Å²) in [5.41, 5.74) is 0.750. The predicted octanol–water partition coefficient (Wildman–Crippen LogP) is 1.13. The zero-order chi connectivity index (χ0) is 10.1. The highest BCUT2D eigenvalue weighted by molar-refractivity contribution is 5.92. The number of aromatic carboxylic acids is 1. The van der Waals surface area contributed by atoms with Crippen molar-refractivity contribution in [3.8, 4) is 6.07 Å². The van der Waals surface area contributed by atoms with Crippen molar-refractivity contribution in [2.24, 2.45) is 0 Å². The molecule has 5 nitrogen and oxygen atoms in total. The summed E-state index contributed by atoms with van der Waals surface area (Å²) in [5.74, 6) is -1.04. The van der Waals surface area contributed by atoms with Gasteiger partial charge in [-0.25, -0.2) is 9.78 Å². The second-order valence-corrected chi connectivity index (χ2v) is 2.73. The van der Waals surface area contributed by atoms with Gasteiger partial charge < -0.3 is 10.1 Å². The van der Waals surface area contributed by atoms with Gasteiger partial charge in [-0.05, 0) is 18.2 Å². The maximum atomic E-state index is 10.6. The summed E-state index contributed by atoms with van der Waals surface area (Å²) in [7, 11) is 0. The van der Waals surface area contributed by atoms with Gasteiger partial charge in [-0.3, -0.25) is 0 Å². The summed E-state index contributed by atoms with van der Waals surface area (Å²) in [6.07, 6.45) is 0. The van der Waals surface area contributed by atoms with Gasteiger partial charge in [-0.15, -0.1) is 0 Å². The van der Waals surface area contributed by atoms with E-state index in [1.54, 1.807) is 12.1 Å². The van der Waals surface area contributed by atoms with Crippen LogP contribution in [0, 0.1) is 11.3 Å². The van der Waals surface area contributed by atoms with E-state index in [1.165, 1.54) is 6.07 Å². The van der Waals surface area contributed by atoms with Crippen LogP contribution in [0.25, 0.3) is 11.0 Å². The SMILES string of the molecule is N#Cc1ccc2cc(C(=O)O)[nH]c2n1. The van der Waals surface area contributed by atoms with Gasteiger partial charge in [0.05, 0.1) is 0 Å². The van der Waals surface area contributed by atoms with E-state index in [-0.39, 0.29) is 11.4 Å². The Morgan fingerprint density at radius 1 is 1.57 bits per heavy atom. The van der Waals surface area contributed by atoms with Crippen LogP contribution in [0.15, 0.2) is 18.2 Å². The topological polar surface area (TPSA) is 89.8 Å². The fourth-order valence-corrected chi connectivity index (χ4v) is 1.18. The maximum Gasteiger partial charge on any atom is 0.352 e. The Balaban J connectivity index is 2.67. The van der Waals surface area contributed by atoms with Crippen molar-refractivity contribution in [3.63, 3.8) is 0 Å². The molecule has 2 rings (SSSR count). The number of H-pyrrole nitrogens is 1. The summed E-state index contributed by atoms with van der Waals surface area (Å²) in [6, 6.07) is 6.56. The molecule has 0 saturated heterocycles. The highest BCUT2D eigenvalue weighted by atomic mass is 16.4. The number of carboxylic acid groups (broad SMARTS) is 1. The third-order valence-corrected chi connectivity index (χ3v) is 1.82. The number of aromatic nitrogens is 2. The number of carbonyl (C=O) groups is 1. The number of nitriles is 1. The molecule has 0 radical (unpaired) electrons. The van der Waals surface area contributed by atoms with E-state index in [0.717, 1.165) is 0 Å². The monoisotopic (exact) mass is 187 g/mol. The van der Waals surface area contributed by atoms with E-state index < -0.39 is 5.97 Å². The Kier molecular flexibility index (Phi) is 1.68. The molecule has 0 aliphatic heterocycles. The minimum absolute atomic E-state index is 0.0718. The van der Waals surface area contributed by atoms with Crippen molar-refractivity contribution < 1.29 is 9.90 Å². The number of fused-ring (bicyclic) bond motifs is 1. The molecule has 2 heterocycles. The molecule has 2 aromatic rings. The average molecular weight is 187 g/mol. The lowest BCUT2D eigenvalue weighted by Gasteiger charge is -1.88. The molecule has 0 saturated carbocycles. The first-order valence-electron chi connectivity index (χ1n) is 3.84. The molecule has 5 heteroatoms. The summed E-state index contributed by atoms with van der Waals surface area (Å²) >= 11 is 0. The van der Waals surface area contributed by atoms with Crippen LogP contribution in [0.5, 0.6) is 0 Å². The Labute approximate surface area is 78.6 Å². The van der Waals surface area contributed by atoms with Crippen LogP contribution in [0.3, 0.4) is 0 Å². The fourth-order valence-electron chi connectivity index (χ4n) is 1.18. The van der Waals surface area contributed by atoms with Gasteiger partial charge in [0.15, 0.2) is 0 Å². The van der Waals surface area contributed by atoms with E-state index in [4.69, 9.17) is 10.4 Å². The van der Waals surface area contributed by atoms with E-state index >= 15 is 0 Å². The largest absolute Gasteiger partial charge is 0.477 e. The first-order chi connectivity index (χ1) is 6.70. The second kappa shape index (κ2) is 2.85. The van der Waals surface area contributed by atoms with Crippen LogP contribution in [-0.4, -0.2) is 21.0 Å². The highest BCUT2D eigenvalue weighted by Gasteiger charge is 2.08. The van der Waals surface area contributed by atoms with Crippen molar-refractivity contribution >= 4 is 17.0 Å². The minimum atomic E-state index is -1.04. The lowest BCUT2D eigenvalue weighted by atomic mass is 10.3. The third kappa shape index (κ3) is 1.19. The number of nitrogens with zero attached hydrogens (tertiary/aromatic N) is 2. The van der Waals surface area contributed by atoms with E-state index in [2.05, 4.69) is 9.97 Å². The third-order valence-electron chi connectivity index (χ3n) is 1.82. The number of aromatic amines is 1. The van der Waals surface area contributed by atoms with E-state index in [9.17, 15) is 4.79 Å². The summed E-state index contributed by atoms with van der Waals surface area (Å²) in [5, 5.41) is 17.9. The molecule has 68 valence electrons. The van der Waals surface area contributed by atoms with Gasteiger partial charge >= 0.3 is 5.97 Å². The van der Waals surface area contributed by atoms with E-state index in [1.807, 2.05) is 6.07 Å². The van der Waals surface area contributed by atoms with Crippen molar-refractivity contribution in [1.82, 2.24) is 9.97 Å². The molecule has 0 bridgehead atoms. The molecule has 0 unspecified atom stereocenters. The van der Waals surface area contributed by atoms with Gasteiger partial charge in [0.1, 0.15) is 23.1 Å². The van der Waals surface area contributed by atoms with Gasteiger partial charge in [-0.2, -0.15) is 5.26 Å². The fraction of sp³-hybridized carbons (Fsp3) is 0. The van der Waals surface area contributed by atoms with E-state index in [0.29, 0.717) is 11.0 Å². The van der Waals surface area contributed by atoms with Gasteiger partial charge in [0, 0.05) is 5.39 Å². The molecule has 0 atom stereocenters. The predicted molar refractivity (Wildman–Crippen MR) is 47.8 cm³/mol. The van der Waals surface area contributed by atoms with Crippen LogP contribution in [0.1, 0.15) is 16.2 Å². The summed E-state index contributed by atoms with van der Waals surface area (Å²) in [6.45, 7) is 0. The molecule has 0 spiro atoms. The molecule has 2 N–H and O–H groups in total. The normalized spacial score (nSPS) is 9.93. The highest BCUT2D eigenvalue weighted by Crippen LogP contribution is 2.13. The zero-order valence-corrected chi connectivity index (χ0v) is 6.98. The number of rotatable bonds is 1. The molecular formula is C9H5N3O2. The summed E-state index contributed by atoms with van der Waals surface area (Å²) in [4.78, 5) is 17.1. The smallest absolute Gasteiger partial charge is 0.352 e. The molecule has 0 aliphatic carbocycles. The molecule has 0 fully saturated rings. The van der Waals surface area contributed by atoms with Gasteiger partial charge in [-0.1, -0.05) is 0 Å². The Morgan fingerprint density at radius 3 is 3.00 bits per heavy atom. The van der Waals surface area contributed by atoms with Crippen molar-refractivity contribution in [3.05, 3.63) is 29.6 Å². The molecule has 0 amide bonds. The maximum absolute atomic E-state index is 10.6. The Hall–Kier alpha value is -2.35. The van der Waals surface area contributed by atoms with Crippen molar-refractivity contribution in [2.75, 3.05) is 0 Å². The summed E-state index contributed by atoms with van der Waals surface area (Å²) < 4.78 is 0. The van der Waals surface area contributed by atoms with Gasteiger partial charge in [0.25, 0.3) is 0 Å². The minimum Gasteiger partial charge on any atom is -0.477 e. The van der Waals surface area contributed by atoms with Crippen molar-refractivity contribution in [1.29, 1.82) is 5.26 Å². The standard InChI is InChI=1S/C9H5N3O2/c10-4-6-2-1-5-3-7(9(13)14)12-8(5)11-6/h1-3H,(H,11,12)(H,13,14). The zero-order valence-electron chi connectivity index (χ0n) is 6.98. The lowest BCUT2D eigenvalue weighted by molar-refractivity contribution is 0.0691. The molecule has 0 aliphatic rings. The molecule has 0 aromatic carbocycles. The second-order valence-electron chi connectivity index (χ2n) is 2.73. The number of pyridine rings is 1. The molecule has 2 aromatic heterocycles. The number of carboxylic acids is 1. The number of hydrogen-bond donors (Lipinski definition) is 2. The Morgan fingerprint density at radius 2 is 2.36 bits per heavy atom. The van der Waals surface area contributed by atoms with Crippen molar-refractivity contribution in [2.45, 2.75) is 0 Å². The Bertz CT molecular complexity index is 551. The first-order valence-corrected chi connectivity index (χ1v) is 3.84. The number of nitrogens with one attached hydrogen (secondary N) is 1. The lowest BCUT2D eigenvalue weighted by Crippen LogP contribution is -1.95. The quantitative estimate of drug-likeness (QED) is 0.700. The molecule has 14 heavy (non-hydrogen) atoms. The van der Waals surface area contributed by atoms with Crippen LogP contribution in [0.4, 0.5) is 0 Å². The average Bonchev–Trinajstić information content (AvgIpc) is 2.59. The van der Waals surface area contributed by atoms with Crippen LogP contribution >= 0.6 is 0 Å². The molecular weight excluding hydrogens is 182 g/mol. The van der Waals surface area contributed by atoms with Crippen LogP contribution in [0.2, 0.25) is 0 Å². The van der Waals surface area contributed by atoms with Crippen LogP contribution in [-0.2, 0) is 0 Å². The number of hydrogen-bond acceptors (Lipinski definition) is 3.